The van der Waals surface area contributed by atoms with E-state index in [0.717, 1.165) is 16.6 Å². The van der Waals surface area contributed by atoms with Crippen LogP contribution in [0, 0.1) is 0 Å². The molecule has 1 amide bonds. The van der Waals surface area contributed by atoms with Crippen LogP contribution in [0.3, 0.4) is 0 Å². The van der Waals surface area contributed by atoms with E-state index in [9.17, 15) is 4.79 Å². The fourth-order valence-corrected chi connectivity index (χ4v) is 2.86. The third kappa shape index (κ3) is 6.45. The average molecular weight is 449 g/mol. The summed E-state index contributed by atoms with van der Waals surface area (Å²) >= 11 is 3.37. The molecule has 2 rings (SSSR count). The first-order valence-corrected chi connectivity index (χ1v) is 9.60. The molecular formula is C20H25BrN4O3. The van der Waals surface area contributed by atoms with Crippen molar-refractivity contribution in [1.82, 2.24) is 10.6 Å². The number of guanidine groups is 1. The number of benzene rings is 2. The minimum Gasteiger partial charge on any atom is -0.493 e. The molecule has 0 aliphatic carbocycles. The van der Waals surface area contributed by atoms with Crippen LogP contribution in [0.4, 0.5) is 5.69 Å². The lowest BCUT2D eigenvalue weighted by atomic mass is 10.2. The van der Waals surface area contributed by atoms with E-state index in [0.29, 0.717) is 36.1 Å². The van der Waals surface area contributed by atoms with Gasteiger partial charge in [0.1, 0.15) is 0 Å². The van der Waals surface area contributed by atoms with Gasteiger partial charge in [-0.3, -0.25) is 9.79 Å². The second kappa shape index (κ2) is 11.2. The van der Waals surface area contributed by atoms with Crippen LogP contribution in [0.5, 0.6) is 11.5 Å². The van der Waals surface area contributed by atoms with Gasteiger partial charge < -0.3 is 25.4 Å². The number of carbonyl (C=O) groups excluding carboxylic acids is 1. The Morgan fingerprint density at radius 2 is 1.79 bits per heavy atom. The molecule has 0 saturated carbocycles. The predicted octanol–water partition coefficient (Wildman–Crippen LogP) is 3.27. The van der Waals surface area contributed by atoms with E-state index in [1.165, 1.54) is 0 Å². The maximum Gasteiger partial charge on any atom is 0.251 e. The van der Waals surface area contributed by atoms with E-state index in [1.54, 1.807) is 33.4 Å². The fourth-order valence-electron chi connectivity index (χ4n) is 2.46. The summed E-state index contributed by atoms with van der Waals surface area (Å²) in [5, 5.41) is 9.32. The van der Waals surface area contributed by atoms with Crippen molar-refractivity contribution < 1.29 is 14.3 Å². The SMILES string of the molecule is CN=C(NCCCNC(=O)c1cccc(Br)c1)Nc1ccc(OC)c(OC)c1. The number of hydrogen-bond acceptors (Lipinski definition) is 4. The molecule has 0 atom stereocenters. The lowest BCUT2D eigenvalue weighted by Crippen LogP contribution is -2.33. The Bertz CT molecular complexity index is 827. The molecule has 0 saturated heterocycles. The summed E-state index contributed by atoms with van der Waals surface area (Å²) in [5.74, 6) is 1.84. The largest absolute Gasteiger partial charge is 0.493 e. The molecule has 0 aromatic heterocycles. The quantitative estimate of drug-likeness (QED) is 0.327. The lowest BCUT2D eigenvalue weighted by Gasteiger charge is -2.14. The number of nitrogens with one attached hydrogen (secondary N) is 3. The van der Waals surface area contributed by atoms with Crippen molar-refractivity contribution in [2.45, 2.75) is 6.42 Å². The van der Waals surface area contributed by atoms with Gasteiger partial charge in [0, 0.05) is 41.9 Å². The fraction of sp³-hybridized carbons (Fsp3) is 0.300. The third-order valence-corrected chi connectivity index (χ3v) is 4.38. The molecule has 0 spiro atoms. The van der Waals surface area contributed by atoms with Gasteiger partial charge in [0.2, 0.25) is 0 Å². The van der Waals surface area contributed by atoms with Crippen LogP contribution < -0.4 is 25.4 Å². The number of carbonyl (C=O) groups is 1. The summed E-state index contributed by atoms with van der Waals surface area (Å²) in [5.41, 5.74) is 1.46. The first-order chi connectivity index (χ1) is 13.6. The van der Waals surface area contributed by atoms with Gasteiger partial charge >= 0.3 is 0 Å². The highest BCUT2D eigenvalue weighted by molar-refractivity contribution is 9.10. The molecule has 0 bridgehead atoms. The standard InChI is InChI=1S/C20H25BrN4O3/c1-22-20(25-16-8-9-17(27-2)18(13-16)28-3)24-11-5-10-23-19(26)14-6-4-7-15(21)12-14/h4,6-9,12-13H,5,10-11H2,1-3H3,(H,23,26)(H2,22,24,25). The summed E-state index contributed by atoms with van der Waals surface area (Å²) < 4.78 is 11.4. The normalized spacial score (nSPS) is 10.9. The van der Waals surface area contributed by atoms with E-state index >= 15 is 0 Å². The van der Waals surface area contributed by atoms with Crippen LogP contribution in [-0.2, 0) is 0 Å². The summed E-state index contributed by atoms with van der Waals surface area (Å²) in [6.07, 6.45) is 0.756. The Kier molecular flexibility index (Phi) is 8.61. The van der Waals surface area contributed by atoms with Crippen LogP contribution in [0.15, 0.2) is 51.9 Å². The summed E-state index contributed by atoms with van der Waals surface area (Å²) in [6.45, 7) is 1.22. The Balaban J connectivity index is 1.76. The van der Waals surface area contributed by atoms with Crippen molar-refractivity contribution in [1.29, 1.82) is 0 Å². The molecule has 8 heteroatoms. The number of amides is 1. The van der Waals surface area contributed by atoms with E-state index in [2.05, 4.69) is 36.9 Å². The van der Waals surface area contributed by atoms with Crippen molar-refractivity contribution in [2.75, 3.05) is 39.7 Å². The van der Waals surface area contributed by atoms with Crippen LogP contribution in [0.2, 0.25) is 0 Å². The van der Waals surface area contributed by atoms with Gasteiger partial charge in [-0.25, -0.2) is 0 Å². The molecule has 150 valence electrons. The van der Waals surface area contributed by atoms with Gasteiger partial charge in [-0.15, -0.1) is 0 Å². The zero-order chi connectivity index (χ0) is 20.4. The van der Waals surface area contributed by atoms with E-state index in [4.69, 9.17) is 9.47 Å². The predicted molar refractivity (Wildman–Crippen MR) is 116 cm³/mol. The Morgan fingerprint density at radius 1 is 1.04 bits per heavy atom. The van der Waals surface area contributed by atoms with Crippen molar-refractivity contribution >= 4 is 33.5 Å². The minimum atomic E-state index is -0.0888. The van der Waals surface area contributed by atoms with E-state index < -0.39 is 0 Å². The van der Waals surface area contributed by atoms with Crippen molar-refractivity contribution in [2.24, 2.45) is 4.99 Å². The molecule has 3 N–H and O–H groups in total. The second-order valence-electron chi connectivity index (χ2n) is 5.81. The number of halogens is 1. The maximum absolute atomic E-state index is 12.1. The Hall–Kier alpha value is -2.74. The zero-order valence-corrected chi connectivity index (χ0v) is 17.8. The maximum atomic E-state index is 12.1. The Morgan fingerprint density at radius 3 is 2.46 bits per heavy atom. The number of ether oxygens (including phenoxy) is 2. The summed E-state index contributed by atoms with van der Waals surface area (Å²) in [4.78, 5) is 16.3. The first kappa shape index (κ1) is 21.6. The molecule has 0 fully saturated rings. The van der Waals surface area contributed by atoms with Gasteiger partial charge in [-0.05, 0) is 36.8 Å². The molecule has 2 aromatic carbocycles. The van der Waals surface area contributed by atoms with Crippen LogP contribution in [0.25, 0.3) is 0 Å². The highest BCUT2D eigenvalue weighted by atomic mass is 79.9. The van der Waals surface area contributed by atoms with Gasteiger partial charge in [0.25, 0.3) is 5.91 Å². The molecule has 0 unspecified atom stereocenters. The minimum absolute atomic E-state index is 0.0888. The lowest BCUT2D eigenvalue weighted by molar-refractivity contribution is 0.0953. The molecule has 0 aliphatic rings. The Labute approximate surface area is 173 Å². The van der Waals surface area contributed by atoms with Crippen LogP contribution in [-0.4, -0.2) is 46.2 Å². The topological polar surface area (TPSA) is 84.0 Å². The number of rotatable bonds is 8. The van der Waals surface area contributed by atoms with Crippen LogP contribution in [0.1, 0.15) is 16.8 Å². The number of aliphatic imine (C=N–C) groups is 1. The van der Waals surface area contributed by atoms with Crippen molar-refractivity contribution in [3.63, 3.8) is 0 Å². The molecule has 0 aliphatic heterocycles. The zero-order valence-electron chi connectivity index (χ0n) is 16.2. The summed E-state index contributed by atoms with van der Waals surface area (Å²) in [7, 11) is 4.89. The van der Waals surface area contributed by atoms with Gasteiger partial charge in [0.15, 0.2) is 17.5 Å². The van der Waals surface area contributed by atoms with E-state index in [1.807, 2.05) is 30.3 Å². The highest BCUT2D eigenvalue weighted by Crippen LogP contribution is 2.29. The van der Waals surface area contributed by atoms with Gasteiger partial charge in [-0.1, -0.05) is 22.0 Å². The van der Waals surface area contributed by atoms with Crippen molar-refractivity contribution in [3.8, 4) is 11.5 Å². The molecule has 7 nitrogen and oxygen atoms in total. The molecular weight excluding hydrogens is 424 g/mol. The summed E-state index contributed by atoms with van der Waals surface area (Å²) in [6, 6.07) is 12.8. The van der Waals surface area contributed by atoms with Gasteiger partial charge in [-0.2, -0.15) is 0 Å². The number of hydrogen-bond donors (Lipinski definition) is 3. The average Bonchev–Trinajstić information content (AvgIpc) is 2.72. The van der Waals surface area contributed by atoms with Crippen LogP contribution >= 0.6 is 15.9 Å². The molecule has 0 radical (unpaired) electrons. The van der Waals surface area contributed by atoms with E-state index in [-0.39, 0.29) is 5.91 Å². The second-order valence-corrected chi connectivity index (χ2v) is 6.73. The number of methoxy groups -OCH3 is 2. The monoisotopic (exact) mass is 448 g/mol. The smallest absolute Gasteiger partial charge is 0.251 e. The molecule has 2 aromatic rings. The van der Waals surface area contributed by atoms with Crippen molar-refractivity contribution in [3.05, 3.63) is 52.5 Å². The number of nitrogens with zero attached hydrogens (tertiary/aromatic N) is 1. The molecule has 0 heterocycles. The molecule has 28 heavy (non-hydrogen) atoms. The first-order valence-electron chi connectivity index (χ1n) is 8.81. The third-order valence-electron chi connectivity index (χ3n) is 3.89. The number of anilines is 1. The van der Waals surface area contributed by atoms with Gasteiger partial charge in [0.05, 0.1) is 14.2 Å². The highest BCUT2D eigenvalue weighted by Gasteiger charge is 2.07.